The predicted molar refractivity (Wildman–Crippen MR) is 87.0 cm³/mol. The number of hydrogen-bond acceptors (Lipinski definition) is 3. The molecular weight excluding hydrogens is 292 g/mol. The summed E-state index contributed by atoms with van der Waals surface area (Å²) < 4.78 is 32.5. The van der Waals surface area contributed by atoms with Crippen LogP contribution in [0.2, 0.25) is 0 Å². The van der Waals surface area contributed by atoms with E-state index in [9.17, 15) is 13.0 Å². The molecular formula is C15H24O3S2. The minimum absolute atomic E-state index is 0.105. The van der Waals surface area contributed by atoms with Crippen molar-refractivity contribution in [2.45, 2.75) is 50.5 Å². The van der Waals surface area contributed by atoms with Gasteiger partial charge in [0.05, 0.1) is 5.25 Å². The Hall–Kier alpha value is -0.520. The van der Waals surface area contributed by atoms with Crippen LogP contribution in [0.25, 0.3) is 0 Å². The lowest BCUT2D eigenvalue weighted by Crippen LogP contribution is -2.24. The summed E-state index contributed by atoms with van der Waals surface area (Å²) in [6.07, 6.45) is 0.832. The fourth-order valence-electron chi connectivity index (χ4n) is 1.84. The third-order valence-electron chi connectivity index (χ3n) is 2.98. The average Bonchev–Trinajstić information content (AvgIpc) is 2.27. The maximum absolute atomic E-state index is 11.5. The Balaban J connectivity index is 2.68. The van der Waals surface area contributed by atoms with Gasteiger partial charge in [-0.05, 0) is 31.1 Å². The molecule has 0 aromatic heterocycles. The van der Waals surface area contributed by atoms with Crippen molar-refractivity contribution in [1.29, 1.82) is 0 Å². The molecule has 0 radical (unpaired) electrons. The fraction of sp³-hybridized carbons (Fsp3) is 0.600. The molecule has 114 valence electrons. The van der Waals surface area contributed by atoms with Gasteiger partial charge in [-0.15, -0.1) is 0 Å². The summed E-state index contributed by atoms with van der Waals surface area (Å²) in [5, 5.41) is -0.722. The molecule has 3 nitrogen and oxygen atoms in total. The van der Waals surface area contributed by atoms with Crippen molar-refractivity contribution in [3.8, 4) is 0 Å². The van der Waals surface area contributed by atoms with Crippen molar-refractivity contribution in [3.05, 3.63) is 35.4 Å². The van der Waals surface area contributed by atoms with E-state index in [1.165, 1.54) is 0 Å². The van der Waals surface area contributed by atoms with Crippen molar-refractivity contribution in [2.24, 2.45) is 0 Å². The second-order valence-electron chi connectivity index (χ2n) is 6.08. The van der Waals surface area contributed by atoms with E-state index in [1.54, 1.807) is 11.8 Å². The first-order chi connectivity index (χ1) is 9.08. The van der Waals surface area contributed by atoms with Gasteiger partial charge in [-0.3, -0.25) is 4.55 Å². The summed E-state index contributed by atoms with van der Waals surface area (Å²) in [6.45, 7) is 8.28. The highest BCUT2D eigenvalue weighted by molar-refractivity contribution is 8.00. The van der Waals surface area contributed by atoms with Crippen molar-refractivity contribution < 1.29 is 13.0 Å². The number of thioether (sulfide) groups is 1. The van der Waals surface area contributed by atoms with Crippen molar-refractivity contribution in [2.75, 3.05) is 5.75 Å². The molecule has 0 aliphatic rings. The van der Waals surface area contributed by atoms with E-state index < -0.39 is 15.4 Å². The molecule has 0 bridgehead atoms. The summed E-state index contributed by atoms with van der Waals surface area (Å²) in [6, 6.07) is 7.76. The van der Waals surface area contributed by atoms with Gasteiger partial charge in [0.25, 0.3) is 10.1 Å². The topological polar surface area (TPSA) is 54.4 Å². The van der Waals surface area contributed by atoms with Gasteiger partial charge in [0.2, 0.25) is 0 Å². The van der Waals surface area contributed by atoms with Crippen LogP contribution in [-0.2, 0) is 16.5 Å². The van der Waals surface area contributed by atoms with Crippen LogP contribution in [0.1, 0.15) is 38.3 Å². The number of rotatable bonds is 6. The van der Waals surface area contributed by atoms with Gasteiger partial charge in [-0.1, -0.05) is 50.6 Å². The number of hydrogen-bond donors (Lipinski definition) is 1. The summed E-state index contributed by atoms with van der Waals surface area (Å²) in [7, 11) is -4.00. The minimum Gasteiger partial charge on any atom is -0.285 e. The highest BCUT2D eigenvalue weighted by Crippen LogP contribution is 2.25. The van der Waals surface area contributed by atoms with E-state index in [2.05, 4.69) is 20.8 Å². The molecule has 5 heteroatoms. The third kappa shape index (κ3) is 6.77. The van der Waals surface area contributed by atoms with Gasteiger partial charge in [-0.25, -0.2) is 0 Å². The molecule has 1 aromatic carbocycles. The summed E-state index contributed by atoms with van der Waals surface area (Å²) >= 11 is 1.72. The largest absolute Gasteiger partial charge is 0.285 e. The maximum atomic E-state index is 11.5. The average molecular weight is 316 g/mol. The second-order valence-corrected chi connectivity index (χ2v) is 9.69. The van der Waals surface area contributed by atoms with Crippen LogP contribution in [0.15, 0.2) is 24.3 Å². The van der Waals surface area contributed by atoms with Gasteiger partial charge in [0.15, 0.2) is 0 Å². The van der Waals surface area contributed by atoms with Crippen LogP contribution < -0.4 is 0 Å². The molecule has 0 fully saturated rings. The Bertz CT molecular complexity index is 513. The molecule has 0 spiro atoms. The molecule has 0 heterocycles. The standard InChI is InChI=1S/C15H24O3S2/c1-12-5-7-13(8-6-12)11-14(20(16,17)18)9-10-19-15(2,3)4/h5-8,14H,9-11H2,1-4H3,(H,16,17,18). The van der Waals surface area contributed by atoms with Crippen LogP contribution >= 0.6 is 11.8 Å². The van der Waals surface area contributed by atoms with Crippen LogP contribution in [0, 0.1) is 6.92 Å². The van der Waals surface area contributed by atoms with Crippen LogP contribution in [0.3, 0.4) is 0 Å². The molecule has 1 unspecified atom stereocenters. The van der Waals surface area contributed by atoms with Crippen LogP contribution in [0.4, 0.5) is 0 Å². The Morgan fingerprint density at radius 3 is 2.20 bits per heavy atom. The monoisotopic (exact) mass is 316 g/mol. The zero-order valence-corrected chi connectivity index (χ0v) is 14.2. The third-order valence-corrected chi connectivity index (χ3v) is 5.53. The molecule has 1 aromatic rings. The van der Waals surface area contributed by atoms with E-state index >= 15 is 0 Å². The fourth-order valence-corrected chi connectivity index (χ4v) is 3.82. The lowest BCUT2D eigenvalue weighted by molar-refractivity contribution is 0.463. The summed E-state index contributed by atoms with van der Waals surface area (Å²) in [5.74, 6) is 0.722. The smallest absolute Gasteiger partial charge is 0.268 e. The Morgan fingerprint density at radius 2 is 1.75 bits per heavy atom. The van der Waals surface area contributed by atoms with E-state index in [-0.39, 0.29) is 4.75 Å². The Kier molecular flexibility index (Phi) is 6.10. The SMILES string of the molecule is Cc1ccc(CC(CCSC(C)(C)C)S(=O)(=O)O)cc1. The molecule has 0 saturated carbocycles. The van der Waals surface area contributed by atoms with Gasteiger partial charge < -0.3 is 0 Å². The van der Waals surface area contributed by atoms with E-state index in [0.717, 1.165) is 16.9 Å². The van der Waals surface area contributed by atoms with Crippen LogP contribution in [-0.4, -0.2) is 28.7 Å². The molecule has 1 N–H and O–H groups in total. The maximum Gasteiger partial charge on any atom is 0.268 e. The normalized spacial score (nSPS) is 14.2. The Morgan fingerprint density at radius 1 is 1.20 bits per heavy atom. The van der Waals surface area contributed by atoms with E-state index in [1.807, 2.05) is 31.2 Å². The highest BCUT2D eigenvalue weighted by Gasteiger charge is 2.24. The number of aryl methyl sites for hydroxylation is 1. The first-order valence-corrected chi connectivity index (χ1v) is 9.22. The van der Waals surface area contributed by atoms with Crippen molar-refractivity contribution in [1.82, 2.24) is 0 Å². The molecule has 1 rings (SSSR count). The number of benzene rings is 1. The summed E-state index contributed by atoms with van der Waals surface area (Å²) in [4.78, 5) is 0. The molecule has 0 saturated heterocycles. The quantitative estimate of drug-likeness (QED) is 0.813. The molecule has 0 amide bonds. The van der Waals surface area contributed by atoms with Crippen LogP contribution in [0.5, 0.6) is 0 Å². The van der Waals surface area contributed by atoms with Crippen molar-refractivity contribution >= 4 is 21.9 Å². The molecule has 20 heavy (non-hydrogen) atoms. The Labute approximate surface area is 126 Å². The molecule has 0 aliphatic heterocycles. The zero-order chi connectivity index (χ0) is 15.4. The lowest BCUT2D eigenvalue weighted by atomic mass is 10.1. The van der Waals surface area contributed by atoms with Gasteiger partial charge in [-0.2, -0.15) is 20.2 Å². The predicted octanol–water partition coefficient (Wildman–Crippen LogP) is 3.72. The summed E-state index contributed by atoms with van der Waals surface area (Å²) in [5.41, 5.74) is 2.08. The second kappa shape index (κ2) is 6.96. The van der Waals surface area contributed by atoms with E-state index in [4.69, 9.17) is 0 Å². The first-order valence-electron chi connectivity index (χ1n) is 6.74. The molecule has 0 aliphatic carbocycles. The lowest BCUT2D eigenvalue weighted by Gasteiger charge is -2.20. The first kappa shape index (κ1) is 17.5. The van der Waals surface area contributed by atoms with Crippen molar-refractivity contribution in [3.63, 3.8) is 0 Å². The van der Waals surface area contributed by atoms with E-state index in [0.29, 0.717) is 12.8 Å². The highest BCUT2D eigenvalue weighted by atomic mass is 32.2. The van der Waals surface area contributed by atoms with Gasteiger partial charge in [0.1, 0.15) is 0 Å². The zero-order valence-electron chi connectivity index (χ0n) is 12.6. The van der Waals surface area contributed by atoms with Gasteiger partial charge in [0, 0.05) is 4.75 Å². The minimum atomic E-state index is -4.00. The van der Waals surface area contributed by atoms with Gasteiger partial charge >= 0.3 is 0 Å². The molecule has 1 atom stereocenters.